The maximum absolute atomic E-state index is 12.8. The summed E-state index contributed by atoms with van der Waals surface area (Å²) in [5.74, 6) is 0.309. The molecule has 0 bridgehead atoms. The third-order valence-corrected chi connectivity index (χ3v) is 4.64. The molecule has 1 saturated heterocycles. The zero-order chi connectivity index (χ0) is 18.8. The molecule has 0 N–H and O–H groups in total. The number of ether oxygens (including phenoxy) is 2. The lowest BCUT2D eigenvalue weighted by Gasteiger charge is -2.34. The van der Waals surface area contributed by atoms with E-state index in [9.17, 15) is 14.4 Å². The molecule has 0 saturated carbocycles. The molecule has 1 aromatic rings. The van der Waals surface area contributed by atoms with Crippen LogP contribution in [-0.2, 0) is 9.53 Å². The molecule has 26 heavy (non-hydrogen) atoms. The first-order valence-electron chi connectivity index (χ1n) is 8.71. The van der Waals surface area contributed by atoms with Crippen molar-refractivity contribution in [3.05, 3.63) is 23.8 Å². The lowest BCUT2D eigenvalue weighted by molar-refractivity contribution is -0.125. The first-order chi connectivity index (χ1) is 12.4. The maximum Gasteiger partial charge on any atom is 0.409 e. The van der Waals surface area contributed by atoms with Gasteiger partial charge >= 0.3 is 6.09 Å². The van der Waals surface area contributed by atoms with Gasteiger partial charge in [-0.3, -0.25) is 9.59 Å². The zero-order valence-corrected chi connectivity index (χ0v) is 15.2. The monoisotopic (exact) mass is 361 g/mol. The minimum absolute atomic E-state index is 0.129. The van der Waals surface area contributed by atoms with E-state index in [0.29, 0.717) is 49.8 Å². The Morgan fingerprint density at radius 1 is 1.19 bits per heavy atom. The third kappa shape index (κ3) is 3.31. The van der Waals surface area contributed by atoms with Crippen molar-refractivity contribution in [2.75, 3.05) is 44.7 Å². The predicted octanol–water partition coefficient (Wildman–Crippen LogP) is 1.34. The van der Waals surface area contributed by atoms with Crippen LogP contribution in [0, 0.1) is 0 Å². The molecule has 8 heteroatoms. The summed E-state index contributed by atoms with van der Waals surface area (Å²) in [5, 5.41) is 0. The average molecular weight is 361 g/mol. The van der Waals surface area contributed by atoms with Gasteiger partial charge in [0.25, 0.3) is 11.8 Å². The molecule has 0 spiro atoms. The molecule has 1 atom stereocenters. The Hall–Kier alpha value is -2.77. The highest BCUT2D eigenvalue weighted by atomic mass is 16.6. The van der Waals surface area contributed by atoms with Crippen molar-refractivity contribution in [3.8, 4) is 5.75 Å². The highest BCUT2D eigenvalue weighted by Crippen LogP contribution is 2.34. The number of fused-ring (bicyclic) bond motifs is 1. The molecule has 3 rings (SSSR count). The first-order valence-corrected chi connectivity index (χ1v) is 8.71. The van der Waals surface area contributed by atoms with Gasteiger partial charge in [-0.1, -0.05) is 0 Å². The van der Waals surface area contributed by atoms with Crippen LogP contribution in [0.25, 0.3) is 0 Å². The fourth-order valence-corrected chi connectivity index (χ4v) is 3.13. The fourth-order valence-electron chi connectivity index (χ4n) is 3.13. The molecule has 2 heterocycles. The van der Waals surface area contributed by atoms with E-state index in [0.717, 1.165) is 0 Å². The number of amides is 3. The SMILES string of the molecule is CCOC(=O)N1CCN(C(=O)c2ccc3c(c2)N(C)C(=O)C(C)O3)CC1. The van der Waals surface area contributed by atoms with E-state index < -0.39 is 6.10 Å². The molecule has 0 aromatic heterocycles. The quantitative estimate of drug-likeness (QED) is 0.794. The second-order valence-electron chi connectivity index (χ2n) is 6.32. The van der Waals surface area contributed by atoms with Gasteiger partial charge in [-0.2, -0.15) is 0 Å². The molecule has 140 valence electrons. The normalized spacial score (nSPS) is 19.7. The topological polar surface area (TPSA) is 79.4 Å². The zero-order valence-electron chi connectivity index (χ0n) is 15.2. The minimum atomic E-state index is -0.537. The van der Waals surface area contributed by atoms with E-state index in [-0.39, 0.29) is 17.9 Å². The second kappa shape index (κ2) is 7.23. The highest BCUT2D eigenvalue weighted by Gasteiger charge is 2.31. The van der Waals surface area contributed by atoms with E-state index >= 15 is 0 Å². The number of hydrogen-bond acceptors (Lipinski definition) is 5. The van der Waals surface area contributed by atoms with Gasteiger partial charge in [0.1, 0.15) is 5.75 Å². The lowest BCUT2D eigenvalue weighted by atomic mass is 10.1. The molecular formula is C18H23N3O5. The van der Waals surface area contributed by atoms with Crippen molar-refractivity contribution in [1.82, 2.24) is 9.80 Å². The van der Waals surface area contributed by atoms with Crippen molar-refractivity contribution in [3.63, 3.8) is 0 Å². The Morgan fingerprint density at radius 2 is 1.85 bits per heavy atom. The van der Waals surface area contributed by atoms with Gasteiger partial charge in [0, 0.05) is 38.8 Å². The summed E-state index contributed by atoms with van der Waals surface area (Å²) in [6, 6.07) is 5.10. The van der Waals surface area contributed by atoms with E-state index in [2.05, 4.69) is 0 Å². The van der Waals surface area contributed by atoms with Crippen LogP contribution in [0.3, 0.4) is 0 Å². The maximum atomic E-state index is 12.8. The molecule has 2 aliphatic rings. The Morgan fingerprint density at radius 3 is 2.50 bits per heavy atom. The van der Waals surface area contributed by atoms with Crippen LogP contribution in [0.1, 0.15) is 24.2 Å². The number of benzene rings is 1. The van der Waals surface area contributed by atoms with Crippen molar-refractivity contribution in [2.24, 2.45) is 0 Å². The van der Waals surface area contributed by atoms with Crippen molar-refractivity contribution in [2.45, 2.75) is 20.0 Å². The molecule has 0 aliphatic carbocycles. The fraction of sp³-hybridized carbons (Fsp3) is 0.500. The van der Waals surface area contributed by atoms with Crippen LogP contribution < -0.4 is 9.64 Å². The van der Waals surface area contributed by atoms with Gasteiger partial charge in [-0.25, -0.2) is 4.79 Å². The van der Waals surface area contributed by atoms with Crippen LogP contribution >= 0.6 is 0 Å². The van der Waals surface area contributed by atoms with E-state index in [1.165, 1.54) is 4.90 Å². The van der Waals surface area contributed by atoms with E-state index in [1.807, 2.05) is 0 Å². The molecule has 1 aromatic carbocycles. The summed E-state index contributed by atoms with van der Waals surface area (Å²) < 4.78 is 10.6. The first kappa shape index (κ1) is 18.0. The van der Waals surface area contributed by atoms with E-state index in [4.69, 9.17) is 9.47 Å². The highest BCUT2D eigenvalue weighted by molar-refractivity contribution is 6.02. The summed E-state index contributed by atoms with van der Waals surface area (Å²) >= 11 is 0. The third-order valence-electron chi connectivity index (χ3n) is 4.64. The number of likely N-dealkylation sites (N-methyl/N-ethyl adjacent to an activating group) is 1. The Kier molecular flexibility index (Phi) is 5.01. The number of nitrogens with zero attached hydrogens (tertiary/aromatic N) is 3. The number of piperazine rings is 1. The van der Waals surface area contributed by atoms with E-state index in [1.54, 1.807) is 48.9 Å². The largest absolute Gasteiger partial charge is 0.479 e. The molecular weight excluding hydrogens is 338 g/mol. The summed E-state index contributed by atoms with van der Waals surface area (Å²) in [5.41, 5.74) is 1.08. The van der Waals surface area contributed by atoms with Gasteiger partial charge in [0.15, 0.2) is 6.10 Å². The van der Waals surface area contributed by atoms with Gasteiger partial charge < -0.3 is 24.2 Å². The molecule has 3 amide bonds. The lowest BCUT2D eigenvalue weighted by Crippen LogP contribution is -2.50. The van der Waals surface area contributed by atoms with Gasteiger partial charge in [-0.15, -0.1) is 0 Å². The Labute approximate surface area is 152 Å². The average Bonchev–Trinajstić information content (AvgIpc) is 2.66. The Bertz CT molecular complexity index is 728. The predicted molar refractivity (Wildman–Crippen MR) is 94.4 cm³/mol. The number of carbonyl (C=O) groups is 3. The Balaban J connectivity index is 1.70. The van der Waals surface area contributed by atoms with Gasteiger partial charge in [0.2, 0.25) is 0 Å². The molecule has 2 aliphatic heterocycles. The van der Waals surface area contributed by atoms with Crippen LogP contribution in [0.5, 0.6) is 5.75 Å². The number of carbonyl (C=O) groups excluding carboxylic acids is 3. The molecule has 1 fully saturated rings. The number of rotatable bonds is 2. The molecule has 1 unspecified atom stereocenters. The van der Waals surface area contributed by atoms with Crippen LogP contribution in [0.2, 0.25) is 0 Å². The standard InChI is InChI=1S/C18H23N3O5/c1-4-25-18(24)21-9-7-20(8-10-21)17(23)13-5-6-15-14(11-13)19(3)16(22)12(2)26-15/h5-6,11-12H,4,7-10H2,1-3H3. The number of anilines is 1. The minimum Gasteiger partial charge on any atom is -0.479 e. The summed E-state index contributed by atoms with van der Waals surface area (Å²) in [4.78, 5) is 41.4. The summed E-state index contributed by atoms with van der Waals surface area (Å²) in [6.07, 6.45) is -0.884. The van der Waals surface area contributed by atoms with Crippen LogP contribution in [0.4, 0.5) is 10.5 Å². The van der Waals surface area contributed by atoms with Gasteiger partial charge in [0.05, 0.1) is 12.3 Å². The molecule has 8 nitrogen and oxygen atoms in total. The van der Waals surface area contributed by atoms with Crippen molar-refractivity contribution >= 4 is 23.6 Å². The van der Waals surface area contributed by atoms with Crippen molar-refractivity contribution < 1.29 is 23.9 Å². The second-order valence-corrected chi connectivity index (χ2v) is 6.32. The molecule has 0 radical (unpaired) electrons. The van der Waals surface area contributed by atoms with Crippen molar-refractivity contribution in [1.29, 1.82) is 0 Å². The summed E-state index contributed by atoms with van der Waals surface area (Å²) in [6.45, 7) is 5.56. The van der Waals surface area contributed by atoms with Crippen LogP contribution in [-0.4, -0.2) is 73.6 Å². The summed E-state index contributed by atoms with van der Waals surface area (Å²) in [7, 11) is 1.67. The number of hydrogen-bond donors (Lipinski definition) is 0. The smallest absolute Gasteiger partial charge is 0.409 e. The van der Waals surface area contributed by atoms with Crippen LogP contribution in [0.15, 0.2) is 18.2 Å². The van der Waals surface area contributed by atoms with Gasteiger partial charge in [-0.05, 0) is 32.0 Å².